The van der Waals surface area contributed by atoms with Crippen LogP contribution in [0.4, 0.5) is 4.39 Å². The van der Waals surface area contributed by atoms with Crippen LogP contribution < -0.4 is 5.56 Å². The van der Waals surface area contributed by atoms with E-state index in [1.54, 1.807) is 12.1 Å². The highest BCUT2D eigenvalue weighted by Gasteiger charge is 2.29. The van der Waals surface area contributed by atoms with E-state index in [1.165, 1.54) is 25.0 Å². The molecule has 8 heteroatoms. The lowest BCUT2D eigenvalue weighted by Gasteiger charge is -2.31. The van der Waals surface area contributed by atoms with E-state index in [-0.39, 0.29) is 17.4 Å². The van der Waals surface area contributed by atoms with Crippen molar-refractivity contribution in [3.8, 4) is 0 Å². The van der Waals surface area contributed by atoms with Crippen molar-refractivity contribution >= 4 is 10.9 Å². The van der Waals surface area contributed by atoms with Gasteiger partial charge in [0.2, 0.25) is 0 Å². The third kappa shape index (κ3) is 5.03. The average Bonchev–Trinajstić information content (AvgIpc) is 3.54. The number of halogens is 1. The topological polar surface area (TPSA) is 79.7 Å². The van der Waals surface area contributed by atoms with Crippen LogP contribution in [0.15, 0.2) is 53.3 Å². The Morgan fingerprint density at radius 1 is 1.11 bits per heavy atom. The minimum absolute atomic E-state index is 0.0942. The maximum absolute atomic E-state index is 13.6. The predicted octanol–water partition coefficient (Wildman–Crippen LogP) is 5.23. The number of nitrogens with one attached hydrogen (secondary N) is 1. The third-order valence-corrected chi connectivity index (χ3v) is 7.06. The molecule has 0 radical (unpaired) electrons. The number of pyridine rings is 1. The van der Waals surface area contributed by atoms with Crippen LogP contribution >= 0.6 is 0 Å². The van der Waals surface area contributed by atoms with Crippen molar-refractivity contribution in [2.75, 3.05) is 0 Å². The standard InChI is InChI=1S/C27H31FN6O/c1-3-25(26-30-31-32-34(26)23-6-4-5-7-23)33(16-19-9-11-22(28)12-10-19)17-21-15-20-14-18(2)8-13-24(20)29-27(21)35/h8-15,23,25H,3-7,16-17H2,1-2H3,(H,29,35). The molecule has 2 heterocycles. The number of fused-ring (bicyclic) bond motifs is 1. The van der Waals surface area contributed by atoms with Crippen molar-refractivity contribution < 1.29 is 4.39 Å². The molecule has 0 aliphatic heterocycles. The molecule has 7 nitrogen and oxygen atoms in total. The first kappa shape index (κ1) is 23.4. The number of aromatic amines is 1. The summed E-state index contributed by atoms with van der Waals surface area (Å²) in [6, 6.07) is 14.8. The Kier molecular flexibility index (Phi) is 6.72. The van der Waals surface area contributed by atoms with Crippen LogP contribution in [0.5, 0.6) is 0 Å². The molecule has 1 saturated carbocycles. The second kappa shape index (κ2) is 10.1. The number of aromatic nitrogens is 5. The smallest absolute Gasteiger partial charge is 0.252 e. The Bertz CT molecular complexity index is 1360. The maximum Gasteiger partial charge on any atom is 0.252 e. The van der Waals surface area contributed by atoms with Crippen molar-refractivity contribution in [2.24, 2.45) is 0 Å². The Balaban J connectivity index is 1.53. The second-order valence-electron chi connectivity index (χ2n) is 9.59. The predicted molar refractivity (Wildman–Crippen MR) is 133 cm³/mol. The molecule has 0 spiro atoms. The van der Waals surface area contributed by atoms with Crippen LogP contribution in [-0.2, 0) is 13.1 Å². The van der Waals surface area contributed by atoms with Gasteiger partial charge in [0.05, 0.1) is 12.1 Å². The van der Waals surface area contributed by atoms with E-state index < -0.39 is 0 Å². The van der Waals surface area contributed by atoms with Gasteiger partial charge >= 0.3 is 0 Å². The molecule has 1 N–H and O–H groups in total. The summed E-state index contributed by atoms with van der Waals surface area (Å²) in [4.78, 5) is 18.3. The Morgan fingerprint density at radius 3 is 2.63 bits per heavy atom. The minimum Gasteiger partial charge on any atom is -0.322 e. The van der Waals surface area contributed by atoms with Gasteiger partial charge in [-0.05, 0) is 77.9 Å². The lowest BCUT2D eigenvalue weighted by atomic mass is 10.1. The summed E-state index contributed by atoms with van der Waals surface area (Å²) in [5, 5.41) is 13.8. The van der Waals surface area contributed by atoms with Gasteiger partial charge in [-0.15, -0.1) is 5.10 Å². The molecule has 35 heavy (non-hydrogen) atoms. The number of hydrogen-bond donors (Lipinski definition) is 1. The van der Waals surface area contributed by atoms with Gasteiger partial charge in [-0.3, -0.25) is 9.69 Å². The fourth-order valence-corrected chi connectivity index (χ4v) is 5.24. The Hall–Kier alpha value is -3.39. The zero-order valence-corrected chi connectivity index (χ0v) is 20.2. The largest absolute Gasteiger partial charge is 0.322 e. The van der Waals surface area contributed by atoms with Crippen LogP contribution in [0.2, 0.25) is 0 Å². The van der Waals surface area contributed by atoms with Gasteiger partial charge in [-0.2, -0.15) is 0 Å². The van der Waals surface area contributed by atoms with E-state index in [1.807, 2.05) is 29.8 Å². The number of nitrogens with zero attached hydrogens (tertiary/aromatic N) is 5. The van der Waals surface area contributed by atoms with Crippen molar-refractivity contribution in [1.29, 1.82) is 0 Å². The Labute approximate surface area is 204 Å². The third-order valence-electron chi connectivity index (χ3n) is 7.06. The summed E-state index contributed by atoms with van der Waals surface area (Å²) in [6.45, 7) is 5.12. The summed E-state index contributed by atoms with van der Waals surface area (Å²) in [7, 11) is 0. The molecule has 1 atom stereocenters. The minimum atomic E-state index is -0.265. The van der Waals surface area contributed by atoms with Gasteiger partial charge < -0.3 is 4.98 Å². The van der Waals surface area contributed by atoms with E-state index in [9.17, 15) is 9.18 Å². The second-order valence-corrected chi connectivity index (χ2v) is 9.59. The molecule has 1 fully saturated rings. The van der Waals surface area contributed by atoms with Crippen molar-refractivity contribution in [1.82, 2.24) is 30.1 Å². The molecule has 1 unspecified atom stereocenters. The van der Waals surface area contributed by atoms with Gasteiger partial charge in [0.1, 0.15) is 5.82 Å². The lowest BCUT2D eigenvalue weighted by molar-refractivity contribution is 0.158. The highest BCUT2D eigenvalue weighted by atomic mass is 19.1. The average molecular weight is 475 g/mol. The fraction of sp³-hybridized carbons (Fsp3) is 0.407. The van der Waals surface area contributed by atoms with Crippen LogP contribution in [0.25, 0.3) is 10.9 Å². The highest BCUT2D eigenvalue weighted by Crippen LogP contribution is 2.33. The van der Waals surface area contributed by atoms with E-state index in [4.69, 9.17) is 0 Å². The number of H-pyrrole nitrogens is 1. The SMILES string of the molecule is CCC(c1nnnn1C1CCCC1)N(Cc1ccc(F)cc1)Cc1cc2cc(C)ccc2[nH]c1=O. The summed E-state index contributed by atoms with van der Waals surface area (Å²) in [5.74, 6) is 0.563. The van der Waals surface area contributed by atoms with Gasteiger partial charge in [-0.25, -0.2) is 9.07 Å². The molecule has 4 aromatic rings. The number of aryl methyl sites for hydroxylation is 1. The van der Waals surface area contributed by atoms with Crippen molar-refractivity contribution in [2.45, 2.75) is 71.1 Å². The zero-order valence-electron chi connectivity index (χ0n) is 20.2. The van der Waals surface area contributed by atoms with E-state index in [2.05, 4.69) is 38.4 Å². The molecule has 1 aliphatic carbocycles. The number of tetrazole rings is 1. The quantitative estimate of drug-likeness (QED) is 0.378. The molecule has 1 aliphatic rings. The number of rotatable bonds is 8. The summed E-state index contributed by atoms with van der Waals surface area (Å²) >= 11 is 0. The summed E-state index contributed by atoms with van der Waals surface area (Å²) in [6.07, 6.45) is 5.31. The lowest BCUT2D eigenvalue weighted by Crippen LogP contribution is -2.32. The maximum atomic E-state index is 13.6. The molecule has 5 rings (SSSR count). The Morgan fingerprint density at radius 2 is 1.89 bits per heavy atom. The summed E-state index contributed by atoms with van der Waals surface area (Å²) in [5.41, 5.74) is 3.52. The normalized spacial score (nSPS) is 15.3. The summed E-state index contributed by atoms with van der Waals surface area (Å²) < 4.78 is 15.6. The number of hydrogen-bond acceptors (Lipinski definition) is 5. The first-order chi connectivity index (χ1) is 17.0. The number of benzene rings is 2. The molecular weight excluding hydrogens is 443 g/mol. The van der Waals surface area contributed by atoms with Crippen LogP contribution in [0, 0.1) is 12.7 Å². The molecule has 2 aromatic heterocycles. The zero-order chi connectivity index (χ0) is 24.4. The molecular formula is C27H31FN6O. The van der Waals surface area contributed by atoms with Crippen molar-refractivity contribution in [3.63, 3.8) is 0 Å². The fourth-order valence-electron chi connectivity index (χ4n) is 5.24. The van der Waals surface area contributed by atoms with E-state index in [0.29, 0.717) is 24.7 Å². The van der Waals surface area contributed by atoms with E-state index in [0.717, 1.165) is 47.1 Å². The van der Waals surface area contributed by atoms with E-state index >= 15 is 0 Å². The van der Waals surface area contributed by atoms with Crippen LogP contribution in [-0.4, -0.2) is 30.1 Å². The van der Waals surface area contributed by atoms with Crippen molar-refractivity contribution in [3.05, 3.63) is 87.2 Å². The first-order valence-electron chi connectivity index (χ1n) is 12.4. The molecule has 182 valence electrons. The van der Waals surface area contributed by atoms with Gasteiger partial charge in [-0.1, -0.05) is 43.5 Å². The highest BCUT2D eigenvalue weighted by molar-refractivity contribution is 5.79. The van der Waals surface area contributed by atoms with Gasteiger partial charge in [0.25, 0.3) is 5.56 Å². The van der Waals surface area contributed by atoms with Crippen LogP contribution in [0.3, 0.4) is 0 Å². The van der Waals surface area contributed by atoms with Gasteiger partial charge in [0.15, 0.2) is 5.82 Å². The first-order valence-corrected chi connectivity index (χ1v) is 12.4. The van der Waals surface area contributed by atoms with Crippen LogP contribution in [0.1, 0.15) is 73.6 Å². The molecule has 0 amide bonds. The molecule has 0 bridgehead atoms. The monoisotopic (exact) mass is 474 g/mol. The molecule has 2 aromatic carbocycles. The molecule has 0 saturated heterocycles. The van der Waals surface area contributed by atoms with Gasteiger partial charge in [0, 0.05) is 24.2 Å².